The number of aromatic hydroxyl groups is 1. The number of methoxy groups -OCH3 is 2. The summed E-state index contributed by atoms with van der Waals surface area (Å²) >= 11 is 3.37. The number of phenolic OH excluding ortho intramolecular Hbond substituents is 1. The highest BCUT2D eigenvalue weighted by Gasteiger charge is 2.16. The number of rotatable bonds is 5. The molecule has 0 heterocycles. The maximum atomic E-state index is 12.0. The molecule has 6 heteroatoms. The Morgan fingerprint density at radius 1 is 1.14 bits per heavy atom. The van der Waals surface area contributed by atoms with Gasteiger partial charge in [0.05, 0.1) is 18.7 Å². The Labute approximate surface area is 136 Å². The van der Waals surface area contributed by atoms with Gasteiger partial charge in [-0.05, 0) is 45.8 Å². The fourth-order valence-corrected chi connectivity index (χ4v) is 2.47. The van der Waals surface area contributed by atoms with Gasteiger partial charge in [0.2, 0.25) is 0 Å². The minimum Gasteiger partial charge on any atom is -0.504 e. The molecule has 0 fully saturated rings. The molecule has 5 nitrogen and oxygen atoms in total. The van der Waals surface area contributed by atoms with Crippen LogP contribution in [0.1, 0.15) is 15.9 Å². The van der Waals surface area contributed by atoms with Gasteiger partial charge in [0, 0.05) is 0 Å². The SMILES string of the molecule is COc1ccc(COC(=O)c2cccc(OC)c2O)cc1Br. The van der Waals surface area contributed by atoms with E-state index in [1.165, 1.54) is 13.2 Å². The maximum Gasteiger partial charge on any atom is 0.342 e. The molecule has 22 heavy (non-hydrogen) atoms. The molecule has 116 valence electrons. The Morgan fingerprint density at radius 3 is 2.50 bits per heavy atom. The van der Waals surface area contributed by atoms with Crippen LogP contribution < -0.4 is 9.47 Å². The second-order valence-electron chi connectivity index (χ2n) is 4.40. The van der Waals surface area contributed by atoms with E-state index < -0.39 is 5.97 Å². The van der Waals surface area contributed by atoms with Gasteiger partial charge in [-0.15, -0.1) is 0 Å². The zero-order chi connectivity index (χ0) is 16.1. The lowest BCUT2D eigenvalue weighted by Crippen LogP contribution is -2.06. The van der Waals surface area contributed by atoms with Crippen molar-refractivity contribution in [2.45, 2.75) is 6.61 Å². The lowest BCUT2D eigenvalue weighted by atomic mass is 10.2. The summed E-state index contributed by atoms with van der Waals surface area (Å²) in [6.45, 7) is 0.0814. The molecule has 0 aliphatic carbocycles. The lowest BCUT2D eigenvalue weighted by molar-refractivity contribution is 0.0468. The highest BCUT2D eigenvalue weighted by molar-refractivity contribution is 9.10. The van der Waals surface area contributed by atoms with Crippen LogP contribution in [-0.4, -0.2) is 25.3 Å². The van der Waals surface area contributed by atoms with Gasteiger partial charge in [0.15, 0.2) is 11.5 Å². The first kappa shape index (κ1) is 16.2. The topological polar surface area (TPSA) is 65.0 Å². The molecule has 0 unspecified atom stereocenters. The smallest absolute Gasteiger partial charge is 0.342 e. The van der Waals surface area contributed by atoms with Crippen molar-refractivity contribution >= 4 is 21.9 Å². The molecule has 0 aliphatic rings. The molecule has 0 spiro atoms. The first-order chi connectivity index (χ1) is 10.6. The van der Waals surface area contributed by atoms with Gasteiger partial charge in [-0.1, -0.05) is 12.1 Å². The highest BCUT2D eigenvalue weighted by atomic mass is 79.9. The Hall–Kier alpha value is -2.21. The number of carbonyl (C=O) groups is 1. The number of benzene rings is 2. The summed E-state index contributed by atoms with van der Waals surface area (Å²) < 4.78 is 16.1. The molecular weight excluding hydrogens is 352 g/mol. The lowest BCUT2D eigenvalue weighted by Gasteiger charge is -2.10. The zero-order valence-corrected chi connectivity index (χ0v) is 13.7. The summed E-state index contributed by atoms with van der Waals surface area (Å²) in [4.78, 5) is 12.0. The molecule has 0 aromatic heterocycles. The first-order valence-electron chi connectivity index (χ1n) is 6.42. The van der Waals surface area contributed by atoms with E-state index in [4.69, 9.17) is 14.2 Å². The van der Waals surface area contributed by atoms with E-state index in [0.717, 1.165) is 10.0 Å². The summed E-state index contributed by atoms with van der Waals surface area (Å²) in [5, 5.41) is 9.92. The van der Waals surface area contributed by atoms with Crippen molar-refractivity contribution in [3.05, 3.63) is 52.0 Å². The van der Waals surface area contributed by atoms with Crippen LogP contribution in [0.15, 0.2) is 40.9 Å². The Kier molecular flexibility index (Phi) is 5.27. The minimum atomic E-state index is -0.622. The van der Waals surface area contributed by atoms with Crippen LogP contribution in [0, 0.1) is 0 Å². The van der Waals surface area contributed by atoms with Gasteiger partial charge in [0.25, 0.3) is 0 Å². The summed E-state index contributed by atoms with van der Waals surface area (Å²) in [6, 6.07) is 10.0. The minimum absolute atomic E-state index is 0.0620. The molecule has 1 N–H and O–H groups in total. The molecule has 2 aromatic carbocycles. The van der Waals surface area contributed by atoms with Gasteiger partial charge in [-0.2, -0.15) is 0 Å². The quantitative estimate of drug-likeness (QED) is 0.820. The number of ether oxygens (including phenoxy) is 3. The normalized spacial score (nSPS) is 10.1. The molecule has 0 saturated carbocycles. The van der Waals surface area contributed by atoms with Crippen molar-refractivity contribution in [2.75, 3.05) is 14.2 Å². The van der Waals surface area contributed by atoms with Gasteiger partial charge in [-0.25, -0.2) is 4.79 Å². The van der Waals surface area contributed by atoms with Crippen molar-refractivity contribution in [1.29, 1.82) is 0 Å². The van der Waals surface area contributed by atoms with Gasteiger partial charge in [-0.3, -0.25) is 0 Å². The van der Waals surface area contributed by atoms with Gasteiger partial charge < -0.3 is 19.3 Å². The molecule has 0 bridgehead atoms. The number of halogens is 1. The van der Waals surface area contributed by atoms with E-state index in [-0.39, 0.29) is 23.7 Å². The second kappa shape index (κ2) is 7.17. The Bertz CT molecular complexity index is 684. The van der Waals surface area contributed by atoms with Crippen LogP contribution in [0.2, 0.25) is 0 Å². The van der Waals surface area contributed by atoms with Gasteiger partial charge >= 0.3 is 5.97 Å². The standard InChI is InChI=1S/C16H15BrO5/c1-20-13-7-6-10(8-12(13)17)9-22-16(19)11-4-3-5-14(21-2)15(11)18/h3-8,18H,9H2,1-2H3. The van der Waals surface area contributed by atoms with Crippen molar-refractivity contribution < 1.29 is 24.1 Å². The number of esters is 1. The fourth-order valence-electron chi connectivity index (χ4n) is 1.88. The monoisotopic (exact) mass is 366 g/mol. The summed E-state index contributed by atoms with van der Waals surface area (Å²) in [5.41, 5.74) is 0.857. The third kappa shape index (κ3) is 3.51. The van der Waals surface area contributed by atoms with Crippen molar-refractivity contribution in [3.8, 4) is 17.2 Å². The molecule has 0 amide bonds. The summed E-state index contributed by atoms with van der Waals surface area (Å²) in [6.07, 6.45) is 0. The van der Waals surface area contributed by atoms with E-state index in [1.807, 2.05) is 0 Å². The Balaban J connectivity index is 2.09. The van der Waals surface area contributed by atoms with E-state index in [9.17, 15) is 9.90 Å². The number of hydrogen-bond acceptors (Lipinski definition) is 5. The van der Waals surface area contributed by atoms with Crippen LogP contribution in [0.4, 0.5) is 0 Å². The molecule has 2 rings (SSSR count). The number of carbonyl (C=O) groups excluding carboxylic acids is 1. The van der Waals surface area contributed by atoms with E-state index in [0.29, 0.717) is 5.75 Å². The average Bonchev–Trinajstić information content (AvgIpc) is 2.53. The maximum absolute atomic E-state index is 12.0. The van der Waals surface area contributed by atoms with E-state index >= 15 is 0 Å². The Morgan fingerprint density at radius 2 is 1.86 bits per heavy atom. The first-order valence-corrected chi connectivity index (χ1v) is 7.21. The van der Waals surface area contributed by atoms with Crippen LogP contribution in [-0.2, 0) is 11.3 Å². The average molecular weight is 367 g/mol. The summed E-state index contributed by atoms with van der Waals surface area (Å²) in [7, 11) is 2.99. The molecular formula is C16H15BrO5. The third-order valence-electron chi connectivity index (χ3n) is 3.02. The van der Waals surface area contributed by atoms with Crippen molar-refractivity contribution in [2.24, 2.45) is 0 Å². The molecule has 0 saturated heterocycles. The summed E-state index contributed by atoms with van der Waals surface area (Å²) in [5.74, 6) is 0.0661. The number of phenols is 1. The predicted molar refractivity (Wildman–Crippen MR) is 84.5 cm³/mol. The fraction of sp³-hybridized carbons (Fsp3) is 0.188. The van der Waals surface area contributed by atoms with Crippen LogP contribution in [0.25, 0.3) is 0 Å². The molecule has 0 aliphatic heterocycles. The van der Waals surface area contributed by atoms with Crippen LogP contribution >= 0.6 is 15.9 Å². The van der Waals surface area contributed by atoms with Crippen LogP contribution in [0.5, 0.6) is 17.2 Å². The predicted octanol–water partition coefficient (Wildman–Crippen LogP) is 3.53. The zero-order valence-electron chi connectivity index (χ0n) is 12.1. The largest absolute Gasteiger partial charge is 0.504 e. The van der Waals surface area contributed by atoms with Crippen molar-refractivity contribution in [3.63, 3.8) is 0 Å². The number of para-hydroxylation sites is 1. The van der Waals surface area contributed by atoms with Crippen molar-refractivity contribution in [1.82, 2.24) is 0 Å². The van der Waals surface area contributed by atoms with E-state index in [2.05, 4.69) is 15.9 Å². The van der Waals surface area contributed by atoms with Crippen LogP contribution in [0.3, 0.4) is 0 Å². The second-order valence-corrected chi connectivity index (χ2v) is 5.26. The molecule has 0 radical (unpaired) electrons. The molecule has 0 atom stereocenters. The van der Waals surface area contributed by atoms with E-state index in [1.54, 1.807) is 37.4 Å². The molecule has 2 aromatic rings. The van der Waals surface area contributed by atoms with Gasteiger partial charge in [0.1, 0.15) is 17.9 Å². The number of hydrogen-bond donors (Lipinski definition) is 1. The highest BCUT2D eigenvalue weighted by Crippen LogP contribution is 2.30. The third-order valence-corrected chi connectivity index (χ3v) is 3.64.